The fourth-order valence-corrected chi connectivity index (χ4v) is 2.74. The van der Waals surface area contributed by atoms with Crippen molar-refractivity contribution in [2.45, 2.75) is 26.7 Å². The molecule has 2 rings (SSSR count). The molecule has 2 nitrogen and oxygen atoms in total. The second-order valence-electron chi connectivity index (χ2n) is 4.93. The third-order valence-electron chi connectivity index (χ3n) is 3.30. The van der Waals surface area contributed by atoms with Gasteiger partial charge >= 0.3 is 0 Å². The molecule has 1 aromatic carbocycles. The van der Waals surface area contributed by atoms with Gasteiger partial charge in [-0.3, -0.25) is 4.79 Å². The van der Waals surface area contributed by atoms with Crippen LogP contribution in [0.5, 0.6) is 0 Å². The summed E-state index contributed by atoms with van der Waals surface area (Å²) in [6, 6.07) is 5.55. The van der Waals surface area contributed by atoms with Gasteiger partial charge in [-0.25, -0.2) is 14.9 Å². The van der Waals surface area contributed by atoms with E-state index in [1.165, 1.54) is 0 Å². The Bertz CT molecular complexity index is 563. The molecular weight excluding hydrogens is 417 g/mol. The van der Waals surface area contributed by atoms with E-state index in [-0.39, 0.29) is 44.5 Å². The molecule has 1 unspecified atom stereocenters. The molecule has 0 aromatic heterocycles. The van der Waals surface area contributed by atoms with Crippen molar-refractivity contribution in [1.29, 1.82) is 0 Å². The van der Waals surface area contributed by atoms with Crippen molar-refractivity contribution in [2.24, 2.45) is 5.92 Å². The summed E-state index contributed by atoms with van der Waals surface area (Å²) < 4.78 is 26.4. The van der Waals surface area contributed by atoms with Crippen LogP contribution in [0, 0.1) is 18.9 Å². The van der Waals surface area contributed by atoms with Gasteiger partial charge in [0.1, 0.15) is 0 Å². The van der Waals surface area contributed by atoms with Crippen LogP contribution in [0.15, 0.2) is 22.7 Å². The third kappa shape index (κ3) is 4.43. The zero-order valence-electron chi connectivity index (χ0n) is 11.9. The first-order valence-electron chi connectivity index (χ1n) is 6.37. The molecule has 1 aromatic rings. The zero-order valence-corrected chi connectivity index (χ0v) is 16.3. The first-order chi connectivity index (χ1) is 9.40. The maximum atomic E-state index is 12.7. The van der Waals surface area contributed by atoms with E-state index >= 15 is 0 Å². The molecule has 1 radical (unpaired) electrons. The molecule has 6 heteroatoms. The smallest absolute Gasteiger partial charge is 0.256 e. The molecule has 1 heterocycles. The summed E-state index contributed by atoms with van der Waals surface area (Å²) in [4.78, 5) is 13.3. The number of carbonyl (C=O) groups excluding carboxylic acids is 1. The van der Waals surface area contributed by atoms with Gasteiger partial charge in [0.05, 0.1) is 6.54 Å². The monoisotopic (exact) mass is 431 g/mol. The first-order valence-corrected chi connectivity index (χ1v) is 7.16. The van der Waals surface area contributed by atoms with E-state index in [9.17, 15) is 13.6 Å². The number of halogens is 3. The summed E-state index contributed by atoms with van der Waals surface area (Å²) in [5.41, 5.74) is 2.16. The van der Waals surface area contributed by atoms with Crippen LogP contribution >= 0.6 is 15.9 Å². The van der Waals surface area contributed by atoms with Crippen molar-refractivity contribution >= 4 is 27.5 Å². The van der Waals surface area contributed by atoms with E-state index in [1.807, 2.05) is 25.1 Å². The molecule has 0 fully saturated rings. The molecule has 1 amide bonds. The quantitative estimate of drug-likeness (QED) is 0.661. The number of hydrogen-bond donors (Lipinski definition) is 0. The normalized spacial score (nSPS) is 18.6. The van der Waals surface area contributed by atoms with Gasteiger partial charge in [0.15, 0.2) is 0 Å². The maximum Gasteiger partial charge on any atom is 0.256 e. The van der Waals surface area contributed by atoms with Crippen molar-refractivity contribution in [3.63, 3.8) is 0 Å². The molecule has 21 heavy (non-hydrogen) atoms. The van der Waals surface area contributed by atoms with Crippen LogP contribution in [0.3, 0.4) is 0 Å². The Labute approximate surface area is 157 Å². The summed E-state index contributed by atoms with van der Waals surface area (Å²) in [7, 11) is 0. The van der Waals surface area contributed by atoms with E-state index in [0.29, 0.717) is 12.1 Å². The molecule has 0 aliphatic carbocycles. The van der Waals surface area contributed by atoms with Crippen LogP contribution < -0.4 is 0 Å². The van der Waals surface area contributed by atoms with Gasteiger partial charge in [-0.2, -0.15) is 0 Å². The Hall–Kier alpha value is -0.126. The van der Waals surface area contributed by atoms with Gasteiger partial charge in [-0.1, -0.05) is 48.3 Å². The minimum Gasteiger partial charge on any atom is -0.341 e. The second kappa shape index (κ2) is 7.93. The maximum absolute atomic E-state index is 12.7. The number of alkyl halides is 2. The summed E-state index contributed by atoms with van der Waals surface area (Å²) in [5, 5.41) is 0. The molecule has 1 aliphatic rings. The summed E-state index contributed by atoms with van der Waals surface area (Å²) >= 11 is 3.37. The Morgan fingerprint density at radius 1 is 1.48 bits per heavy atom. The number of amides is 1. The van der Waals surface area contributed by atoms with E-state index in [1.54, 1.807) is 6.92 Å². The largest absolute Gasteiger partial charge is 0.341 e. The van der Waals surface area contributed by atoms with Crippen molar-refractivity contribution in [2.75, 3.05) is 6.54 Å². The minimum atomic E-state index is -2.56. The number of allylic oxidation sites excluding steroid dienone is 1. The summed E-state index contributed by atoms with van der Waals surface area (Å²) in [5.74, 6) is -0.561. The van der Waals surface area contributed by atoms with Gasteiger partial charge in [0.2, 0.25) is 5.91 Å². The van der Waals surface area contributed by atoms with Crippen molar-refractivity contribution in [3.05, 3.63) is 39.9 Å². The predicted octanol–water partition coefficient (Wildman–Crippen LogP) is 4.03. The average molecular weight is 432 g/mol. The molecular formula is C15H15BrF2NOY-. The van der Waals surface area contributed by atoms with Crippen LogP contribution in [0.1, 0.15) is 24.5 Å². The number of nitrogens with zero attached hydrogens (tertiary/aromatic N) is 1. The number of rotatable bonds is 3. The summed E-state index contributed by atoms with van der Waals surface area (Å²) in [6.07, 6.45) is 1.01. The van der Waals surface area contributed by atoms with E-state index in [0.717, 1.165) is 20.5 Å². The van der Waals surface area contributed by atoms with Crippen LogP contribution in [-0.4, -0.2) is 23.8 Å². The standard InChI is InChI=1S/C15H15BrF2NO.Y/c1-9-3-6-13(19(15(9)20)8-14(17)18)12-5-4-11(16)7-10(12)2;/h4-5,7,9,14H,3,8H2,1-2H3;/q-1;. The van der Waals surface area contributed by atoms with Crippen molar-refractivity contribution in [1.82, 2.24) is 4.90 Å². The molecule has 111 valence electrons. The number of hydrogen-bond acceptors (Lipinski definition) is 1. The Kier molecular flexibility index (Phi) is 7.15. The first kappa shape index (κ1) is 18.9. The fraction of sp³-hybridized carbons (Fsp3) is 0.400. The van der Waals surface area contributed by atoms with E-state index in [4.69, 9.17) is 0 Å². The Balaban J connectivity index is 0.00000220. The molecule has 1 aliphatic heterocycles. The van der Waals surface area contributed by atoms with Crippen molar-refractivity contribution < 1.29 is 46.3 Å². The predicted molar refractivity (Wildman–Crippen MR) is 77.0 cm³/mol. The van der Waals surface area contributed by atoms with E-state index < -0.39 is 13.0 Å². The molecule has 0 N–H and O–H groups in total. The SMILES string of the molecule is Cc1cc(Br)ccc1C1=[C-]CC(C)C(=O)N1CC(F)F.[Y]. The zero-order chi connectivity index (χ0) is 14.9. The van der Waals surface area contributed by atoms with Gasteiger partial charge in [-0.15, -0.1) is 22.9 Å². The Morgan fingerprint density at radius 3 is 2.71 bits per heavy atom. The van der Waals surface area contributed by atoms with Crippen LogP contribution in [-0.2, 0) is 37.5 Å². The molecule has 0 spiro atoms. The topological polar surface area (TPSA) is 20.3 Å². The van der Waals surface area contributed by atoms with Gasteiger partial charge in [0, 0.05) is 43.1 Å². The van der Waals surface area contributed by atoms with Crippen LogP contribution in [0.2, 0.25) is 0 Å². The van der Waals surface area contributed by atoms with Crippen LogP contribution in [0.25, 0.3) is 5.70 Å². The molecule has 0 saturated heterocycles. The van der Waals surface area contributed by atoms with Crippen molar-refractivity contribution in [3.8, 4) is 0 Å². The third-order valence-corrected chi connectivity index (χ3v) is 3.79. The van der Waals surface area contributed by atoms with Gasteiger partial charge in [0.25, 0.3) is 6.43 Å². The minimum absolute atomic E-state index is 0. The van der Waals surface area contributed by atoms with Crippen LogP contribution in [0.4, 0.5) is 8.78 Å². The fourth-order valence-electron chi connectivity index (χ4n) is 2.26. The van der Waals surface area contributed by atoms with Gasteiger partial charge in [-0.05, 0) is 0 Å². The average Bonchev–Trinajstić information content (AvgIpc) is 2.36. The second-order valence-corrected chi connectivity index (χ2v) is 5.85. The van der Waals surface area contributed by atoms with E-state index in [2.05, 4.69) is 22.0 Å². The van der Waals surface area contributed by atoms with Gasteiger partial charge < -0.3 is 4.90 Å². The number of carbonyl (C=O) groups is 1. The number of aryl methyl sites for hydroxylation is 1. The number of benzene rings is 1. The summed E-state index contributed by atoms with van der Waals surface area (Å²) in [6.45, 7) is 3.04. The molecule has 1 atom stereocenters. The Morgan fingerprint density at radius 2 is 2.14 bits per heavy atom. The molecule has 0 bridgehead atoms. The molecule has 0 saturated carbocycles.